The van der Waals surface area contributed by atoms with Crippen molar-refractivity contribution in [3.05, 3.63) is 59.9 Å². The molecule has 0 amide bonds. The summed E-state index contributed by atoms with van der Waals surface area (Å²) in [7, 11) is 3.25. The molecule has 3 N–H and O–H groups in total. The number of aromatic nitrogens is 3. The normalized spacial score (nSPS) is 12.0. The molecule has 118 valence electrons. The maximum absolute atomic E-state index is 6.26. The molecule has 6 heteroatoms. The third kappa shape index (κ3) is 3.02. The second-order valence-corrected chi connectivity index (χ2v) is 5.00. The molecule has 1 aromatic heterocycles. The molecular weight excluding hydrogens is 292 g/mol. The fraction of sp³-hybridized carbons (Fsp3) is 0.176. The van der Waals surface area contributed by atoms with Gasteiger partial charge in [-0.15, -0.1) is 0 Å². The predicted octanol–water partition coefficient (Wildman–Crippen LogP) is 2.54. The quantitative estimate of drug-likeness (QED) is 0.756. The van der Waals surface area contributed by atoms with Gasteiger partial charge in [0.2, 0.25) is 0 Å². The molecule has 3 aromatic rings. The summed E-state index contributed by atoms with van der Waals surface area (Å²) in [5, 5.41) is 7.16. The summed E-state index contributed by atoms with van der Waals surface area (Å²) in [6.45, 7) is 0. The largest absolute Gasteiger partial charge is 0.497 e. The molecule has 0 bridgehead atoms. The predicted molar refractivity (Wildman–Crippen MR) is 87.4 cm³/mol. The molecule has 6 nitrogen and oxygen atoms in total. The number of hydrogen-bond acceptors (Lipinski definition) is 5. The topological polar surface area (TPSA) is 86.1 Å². The fourth-order valence-electron chi connectivity index (χ4n) is 2.33. The first-order valence-electron chi connectivity index (χ1n) is 7.18. The minimum absolute atomic E-state index is 0.392. The summed E-state index contributed by atoms with van der Waals surface area (Å²) >= 11 is 0. The van der Waals surface area contributed by atoms with E-state index in [0.29, 0.717) is 11.6 Å². The lowest BCUT2D eigenvalue weighted by atomic mass is 10.1. The Kier molecular flexibility index (Phi) is 4.25. The van der Waals surface area contributed by atoms with E-state index >= 15 is 0 Å². The highest BCUT2D eigenvalue weighted by Crippen LogP contribution is 2.28. The SMILES string of the molecule is COc1ccc([C@H](N)c2nc(-c3ccccc3OC)n[nH]2)cc1. The van der Waals surface area contributed by atoms with Gasteiger partial charge in [0, 0.05) is 0 Å². The van der Waals surface area contributed by atoms with Gasteiger partial charge in [-0.2, -0.15) is 5.10 Å². The van der Waals surface area contributed by atoms with Crippen LogP contribution in [0.15, 0.2) is 48.5 Å². The molecule has 3 rings (SSSR count). The lowest BCUT2D eigenvalue weighted by Crippen LogP contribution is -2.13. The minimum Gasteiger partial charge on any atom is -0.497 e. The summed E-state index contributed by atoms with van der Waals surface area (Å²) < 4.78 is 10.5. The van der Waals surface area contributed by atoms with E-state index in [2.05, 4.69) is 15.2 Å². The Balaban J connectivity index is 1.88. The van der Waals surface area contributed by atoms with E-state index in [9.17, 15) is 0 Å². The van der Waals surface area contributed by atoms with Crippen LogP contribution in [0.25, 0.3) is 11.4 Å². The molecule has 1 atom stereocenters. The number of hydrogen-bond donors (Lipinski definition) is 2. The Hall–Kier alpha value is -2.86. The number of benzene rings is 2. The van der Waals surface area contributed by atoms with Crippen LogP contribution in [-0.4, -0.2) is 29.4 Å². The van der Waals surface area contributed by atoms with Crippen LogP contribution < -0.4 is 15.2 Å². The average Bonchev–Trinajstić information content (AvgIpc) is 3.11. The van der Waals surface area contributed by atoms with Gasteiger partial charge in [0.15, 0.2) is 5.82 Å². The van der Waals surface area contributed by atoms with Crippen molar-refractivity contribution >= 4 is 0 Å². The Morgan fingerprint density at radius 3 is 2.43 bits per heavy atom. The van der Waals surface area contributed by atoms with E-state index < -0.39 is 6.04 Å². The third-order valence-electron chi connectivity index (χ3n) is 3.62. The van der Waals surface area contributed by atoms with Crippen LogP contribution in [-0.2, 0) is 0 Å². The van der Waals surface area contributed by atoms with Gasteiger partial charge < -0.3 is 15.2 Å². The van der Waals surface area contributed by atoms with Crippen molar-refractivity contribution in [2.24, 2.45) is 5.73 Å². The fourth-order valence-corrected chi connectivity index (χ4v) is 2.33. The molecule has 23 heavy (non-hydrogen) atoms. The highest BCUT2D eigenvalue weighted by Gasteiger charge is 2.16. The molecule has 0 radical (unpaired) electrons. The number of H-pyrrole nitrogens is 1. The molecule has 0 saturated heterocycles. The number of nitrogens with zero attached hydrogens (tertiary/aromatic N) is 2. The smallest absolute Gasteiger partial charge is 0.184 e. The minimum atomic E-state index is -0.392. The Labute approximate surface area is 134 Å². The highest BCUT2D eigenvalue weighted by atomic mass is 16.5. The average molecular weight is 310 g/mol. The van der Waals surface area contributed by atoms with Crippen molar-refractivity contribution in [2.75, 3.05) is 14.2 Å². The van der Waals surface area contributed by atoms with Crippen LogP contribution >= 0.6 is 0 Å². The first-order valence-corrected chi connectivity index (χ1v) is 7.18. The zero-order chi connectivity index (χ0) is 16.2. The van der Waals surface area contributed by atoms with Gasteiger partial charge in [-0.1, -0.05) is 24.3 Å². The van der Waals surface area contributed by atoms with E-state index in [1.54, 1.807) is 14.2 Å². The van der Waals surface area contributed by atoms with Crippen molar-refractivity contribution in [2.45, 2.75) is 6.04 Å². The zero-order valence-corrected chi connectivity index (χ0v) is 13.0. The van der Waals surface area contributed by atoms with Crippen molar-refractivity contribution in [1.82, 2.24) is 15.2 Å². The lowest BCUT2D eigenvalue weighted by molar-refractivity contribution is 0.414. The molecule has 0 unspecified atom stereocenters. The van der Waals surface area contributed by atoms with Crippen molar-refractivity contribution < 1.29 is 9.47 Å². The van der Waals surface area contributed by atoms with Crippen molar-refractivity contribution in [3.63, 3.8) is 0 Å². The second kappa shape index (κ2) is 6.50. The van der Waals surface area contributed by atoms with Gasteiger partial charge in [-0.05, 0) is 29.8 Å². The first-order chi connectivity index (χ1) is 11.2. The van der Waals surface area contributed by atoms with Crippen LogP contribution in [0.1, 0.15) is 17.4 Å². The second-order valence-electron chi connectivity index (χ2n) is 5.00. The maximum Gasteiger partial charge on any atom is 0.184 e. The standard InChI is InChI=1S/C17H18N4O2/c1-22-12-9-7-11(8-10-12)15(18)17-19-16(20-21-17)13-5-3-4-6-14(13)23-2/h3-10,15H,18H2,1-2H3,(H,19,20,21)/t15-/m0/s1. The molecular formula is C17H18N4O2. The molecule has 0 aliphatic rings. The number of nitrogens with two attached hydrogens (primary N) is 1. The molecule has 2 aromatic carbocycles. The van der Waals surface area contributed by atoms with Crippen molar-refractivity contribution in [3.8, 4) is 22.9 Å². The Morgan fingerprint density at radius 2 is 1.74 bits per heavy atom. The Bertz CT molecular complexity index is 783. The number of aromatic amines is 1. The molecule has 0 fully saturated rings. The summed E-state index contributed by atoms with van der Waals surface area (Å²) in [5.74, 6) is 2.65. The van der Waals surface area contributed by atoms with E-state index in [1.807, 2.05) is 48.5 Å². The van der Waals surface area contributed by atoms with Gasteiger partial charge in [0.05, 0.1) is 25.8 Å². The number of nitrogens with one attached hydrogen (secondary N) is 1. The van der Waals surface area contributed by atoms with Crippen LogP contribution in [0.5, 0.6) is 11.5 Å². The monoisotopic (exact) mass is 310 g/mol. The van der Waals surface area contributed by atoms with Crippen LogP contribution in [0, 0.1) is 0 Å². The zero-order valence-electron chi connectivity index (χ0n) is 13.0. The third-order valence-corrected chi connectivity index (χ3v) is 3.62. The number of rotatable bonds is 5. The summed E-state index contributed by atoms with van der Waals surface area (Å²) in [4.78, 5) is 4.51. The summed E-state index contributed by atoms with van der Waals surface area (Å²) in [5.41, 5.74) is 8.01. The van der Waals surface area contributed by atoms with Crippen LogP contribution in [0.4, 0.5) is 0 Å². The van der Waals surface area contributed by atoms with E-state index in [-0.39, 0.29) is 0 Å². The molecule has 1 heterocycles. The summed E-state index contributed by atoms with van der Waals surface area (Å²) in [6, 6.07) is 14.8. The lowest BCUT2D eigenvalue weighted by Gasteiger charge is -2.09. The van der Waals surface area contributed by atoms with Gasteiger partial charge >= 0.3 is 0 Å². The van der Waals surface area contributed by atoms with Crippen molar-refractivity contribution in [1.29, 1.82) is 0 Å². The first kappa shape index (κ1) is 15.1. The number of methoxy groups -OCH3 is 2. The molecule has 0 spiro atoms. The molecule has 0 aliphatic carbocycles. The van der Waals surface area contributed by atoms with E-state index in [1.165, 1.54) is 0 Å². The number of para-hydroxylation sites is 1. The van der Waals surface area contributed by atoms with Gasteiger partial charge in [0.25, 0.3) is 0 Å². The highest BCUT2D eigenvalue weighted by molar-refractivity contribution is 5.63. The van der Waals surface area contributed by atoms with Crippen LogP contribution in [0.3, 0.4) is 0 Å². The number of ether oxygens (including phenoxy) is 2. The van der Waals surface area contributed by atoms with Crippen LogP contribution in [0.2, 0.25) is 0 Å². The van der Waals surface area contributed by atoms with Gasteiger partial charge in [-0.3, -0.25) is 5.10 Å². The van der Waals surface area contributed by atoms with Gasteiger partial charge in [-0.25, -0.2) is 4.98 Å². The summed E-state index contributed by atoms with van der Waals surface area (Å²) in [6.07, 6.45) is 0. The van der Waals surface area contributed by atoms with E-state index in [0.717, 1.165) is 22.6 Å². The molecule has 0 aliphatic heterocycles. The molecule has 0 saturated carbocycles. The Morgan fingerprint density at radius 1 is 1.00 bits per heavy atom. The maximum atomic E-state index is 6.26. The van der Waals surface area contributed by atoms with Gasteiger partial charge in [0.1, 0.15) is 17.3 Å². The van der Waals surface area contributed by atoms with E-state index in [4.69, 9.17) is 15.2 Å².